The zero-order valence-electron chi connectivity index (χ0n) is 19.7. The monoisotopic (exact) mass is 474 g/mol. The van der Waals surface area contributed by atoms with E-state index in [4.69, 9.17) is 0 Å². The minimum atomic E-state index is -0.0728. The van der Waals surface area contributed by atoms with E-state index in [0.29, 0.717) is 49.3 Å². The molecule has 3 N–H and O–H groups in total. The standard InChI is InChI=1S/C25H34N4O3.ClH/c1-17-23(18(2)28-24(17)19(3)30)25(32)29-14-8-7-12-26-21(20-10-5-4-6-11-20)16-22(31)27-13-9-15-29;/h4-6,10-11,21,26,28H,7-9,12-16H2,1-3H3,(H,27,31);1H. The van der Waals surface area contributed by atoms with Gasteiger partial charge in [0.2, 0.25) is 5.91 Å². The van der Waals surface area contributed by atoms with E-state index in [2.05, 4.69) is 15.6 Å². The maximum absolute atomic E-state index is 13.4. The predicted molar refractivity (Wildman–Crippen MR) is 132 cm³/mol. The Balaban J connectivity index is 0.00000385. The molecule has 2 amide bonds. The van der Waals surface area contributed by atoms with Crippen LogP contribution in [-0.4, -0.2) is 53.7 Å². The largest absolute Gasteiger partial charge is 0.356 e. The summed E-state index contributed by atoms with van der Waals surface area (Å²) in [6, 6.07) is 10.0. The van der Waals surface area contributed by atoms with E-state index in [9.17, 15) is 14.4 Å². The van der Waals surface area contributed by atoms with Crippen molar-refractivity contribution < 1.29 is 14.4 Å². The molecule has 2 heterocycles. The van der Waals surface area contributed by atoms with Gasteiger partial charge in [0.15, 0.2) is 5.78 Å². The van der Waals surface area contributed by atoms with Crippen molar-refractivity contribution in [2.75, 3.05) is 26.2 Å². The van der Waals surface area contributed by atoms with Crippen LogP contribution >= 0.6 is 12.4 Å². The highest BCUT2D eigenvalue weighted by Gasteiger charge is 2.24. The summed E-state index contributed by atoms with van der Waals surface area (Å²) in [6.45, 7) is 7.66. The van der Waals surface area contributed by atoms with Crippen molar-refractivity contribution in [3.63, 3.8) is 0 Å². The van der Waals surface area contributed by atoms with E-state index in [-0.39, 0.29) is 36.0 Å². The third-order valence-electron chi connectivity index (χ3n) is 6.05. The molecule has 8 heteroatoms. The van der Waals surface area contributed by atoms with Crippen molar-refractivity contribution in [2.45, 2.75) is 52.5 Å². The third-order valence-corrected chi connectivity index (χ3v) is 6.05. The SMILES string of the molecule is CC(=O)c1[nH]c(C)c(C(=O)N2CCCCNC(c3ccccc3)CC(=O)NCCC2)c1C.Cl. The second kappa shape index (κ2) is 12.6. The average molecular weight is 475 g/mol. The zero-order valence-corrected chi connectivity index (χ0v) is 20.5. The van der Waals surface area contributed by atoms with Crippen LogP contribution < -0.4 is 10.6 Å². The highest BCUT2D eigenvalue weighted by molar-refractivity contribution is 6.02. The minimum Gasteiger partial charge on any atom is -0.356 e. The number of carbonyl (C=O) groups excluding carboxylic acids is 3. The number of nitrogens with zero attached hydrogens (tertiary/aromatic N) is 1. The number of H-pyrrole nitrogens is 1. The highest BCUT2D eigenvalue weighted by Crippen LogP contribution is 2.21. The number of rotatable bonds is 3. The summed E-state index contributed by atoms with van der Waals surface area (Å²) < 4.78 is 0. The number of halogens is 1. The predicted octanol–water partition coefficient (Wildman–Crippen LogP) is 3.72. The lowest BCUT2D eigenvalue weighted by Gasteiger charge is -2.23. The van der Waals surface area contributed by atoms with Gasteiger partial charge in [-0.15, -0.1) is 12.4 Å². The first-order valence-electron chi connectivity index (χ1n) is 11.4. The molecule has 1 atom stereocenters. The molecule has 0 radical (unpaired) electrons. The minimum absolute atomic E-state index is 0. The van der Waals surface area contributed by atoms with E-state index < -0.39 is 0 Å². The number of ketones is 1. The van der Waals surface area contributed by atoms with Crippen LogP contribution in [0.25, 0.3) is 0 Å². The normalized spacial score (nSPS) is 18.2. The van der Waals surface area contributed by atoms with Crippen LogP contribution in [0.4, 0.5) is 0 Å². The number of aromatic amines is 1. The van der Waals surface area contributed by atoms with Crippen molar-refractivity contribution >= 4 is 30.0 Å². The summed E-state index contributed by atoms with van der Waals surface area (Å²) >= 11 is 0. The molecule has 3 rings (SSSR count). The molecule has 1 saturated heterocycles. The van der Waals surface area contributed by atoms with Crippen LogP contribution in [0.3, 0.4) is 0 Å². The molecule has 1 fully saturated rings. The van der Waals surface area contributed by atoms with Gasteiger partial charge in [0.05, 0.1) is 11.3 Å². The second-order valence-electron chi connectivity index (χ2n) is 8.51. The maximum Gasteiger partial charge on any atom is 0.255 e. The molecule has 0 spiro atoms. The Morgan fingerprint density at radius 3 is 2.36 bits per heavy atom. The molecular formula is C25H35ClN4O3. The fraction of sp³-hybridized carbons (Fsp3) is 0.480. The van der Waals surface area contributed by atoms with Gasteiger partial charge in [-0.3, -0.25) is 14.4 Å². The summed E-state index contributed by atoms with van der Waals surface area (Å²) in [7, 11) is 0. The first-order chi connectivity index (χ1) is 15.4. The topological polar surface area (TPSA) is 94.3 Å². The Kier molecular flexibility index (Phi) is 10.1. The Bertz CT molecular complexity index is 958. The lowest BCUT2D eigenvalue weighted by atomic mass is 10.0. The van der Waals surface area contributed by atoms with Crippen molar-refractivity contribution in [1.82, 2.24) is 20.5 Å². The molecular weight excluding hydrogens is 440 g/mol. The molecule has 1 aromatic carbocycles. The number of carbonyl (C=O) groups is 3. The van der Waals surface area contributed by atoms with Crippen LogP contribution in [0.1, 0.15) is 76.3 Å². The number of Topliss-reactive ketones (excluding diaryl/α,β-unsaturated/α-hetero) is 1. The summed E-state index contributed by atoms with van der Waals surface area (Å²) in [5, 5.41) is 6.50. The Hall–Kier alpha value is -2.64. The smallest absolute Gasteiger partial charge is 0.255 e. The molecule has 0 aliphatic carbocycles. The molecule has 0 saturated carbocycles. The second-order valence-corrected chi connectivity index (χ2v) is 8.51. The van der Waals surface area contributed by atoms with Gasteiger partial charge in [-0.1, -0.05) is 30.3 Å². The Morgan fingerprint density at radius 1 is 1.00 bits per heavy atom. The molecule has 180 valence electrons. The average Bonchev–Trinajstić information content (AvgIpc) is 3.08. The summed E-state index contributed by atoms with van der Waals surface area (Å²) in [5.41, 5.74) is 3.63. The van der Waals surface area contributed by atoms with Gasteiger partial charge in [0.25, 0.3) is 5.91 Å². The summed E-state index contributed by atoms with van der Waals surface area (Å²) in [6.07, 6.45) is 2.84. The van der Waals surface area contributed by atoms with Crippen molar-refractivity contribution in [2.24, 2.45) is 0 Å². The van der Waals surface area contributed by atoms with Gasteiger partial charge in [-0.05, 0) is 50.8 Å². The molecule has 2 aromatic rings. The van der Waals surface area contributed by atoms with Crippen molar-refractivity contribution in [3.05, 3.63) is 58.4 Å². The molecule has 33 heavy (non-hydrogen) atoms. The van der Waals surface area contributed by atoms with Crippen molar-refractivity contribution in [1.29, 1.82) is 0 Å². The van der Waals surface area contributed by atoms with Crippen LogP contribution in [0.2, 0.25) is 0 Å². The van der Waals surface area contributed by atoms with Gasteiger partial charge in [-0.2, -0.15) is 0 Å². The maximum atomic E-state index is 13.4. The number of amides is 2. The fourth-order valence-electron chi connectivity index (χ4n) is 4.35. The van der Waals surface area contributed by atoms with E-state index in [0.717, 1.165) is 30.6 Å². The quantitative estimate of drug-likeness (QED) is 0.591. The van der Waals surface area contributed by atoms with Crippen LogP contribution in [0.15, 0.2) is 30.3 Å². The van der Waals surface area contributed by atoms with E-state index in [1.807, 2.05) is 49.1 Å². The number of hydrogen-bond donors (Lipinski definition) is 3. The van der Waals surface area contributed by atoms with E-state index in [1.54, 1.807) is 0 Å². The molecule has 1 aliphatic rings. The van der Waals surface area contributed by atoms with Crippen LogP contribution in [0, 0.1) is 13.8 Å². The molecule has 1 aromatic heterocycles. The number of hydrogen-bond acceptors (Lipinski definition) is 4. The van der Waals surface area contributed by atoms with Crippen molar-refractivity contribution in [3.8, 4) is 0 Å². The molecule has 0 bridgehead atoms. The number of aromatic nitrogens is 1. The van der Waals surface area contributed by atoms with Gasteiger partial charge in [0.1, 0.15) is 0 Å². The first kappa shape index (κ1) is 26.6. The molecule has 7 nitrogen and oxygen atoms in total. The fourth-order valence-corrected chi connectivity index (χ4v) is 4.35. The zero-order chi connectivity index (χ0) is 23.1. The van der Waals surface area contributed by atoms with E-state index in [1.165, 1.54) is 6.92 Å². The van der Waals surface area contributed by atoms with Gasteiger partial charge in [-0.25, -0.2) is 0 Å². The number of nitrogens with one attached hydrogen (secondary N) is 3. The van der Waals surface area contributed by atoms with Gasteiger partial charge >= 0.3 is 0 Å². The summed E-state index contributed by atoms with van der Waals surface area (Å²) in [5.74, 6) is -0.122. The number of benzene rings is 1. The van der Waals surface area contributed by atoms with E-state index >= 15 is 0 Å². The molecule has 1 aliphatic heterocycles. The lowest BCUT2D eigenvalue weighted by Crippen LogP contribution is -2.35. The van der Waals surface area contributed by atoms with Crippen LogP contribution in [0.5, 0.6) is 0 Å². The lowest BCUT2D eigenvalue weighted by molar-refractivity contribution is -0.121. The van der Waals surface area contributed by atoms with Gasteiger partial charge in [0, 0.05) is 44.7 Å². The summed E-state index contributed by atoms with van der Waals surface area (Å²) in [4.78, 5) is 42.6. The third kappa shape index (κ3) is 6.92. The van der Waals surface area contributed by atoms with Crippen LogP contribution in [-0.2, 0) is 4.79 Å². The Labute approximate surface area is 202 Å². The van der Waals surface area contributed by atoms with Gasteiger partial charge < -0.3 is 20.5 Å². The highest BCUT2D eigenvalue weighted by atomic mass is 35.5. The molecule has 1 unspecified atom stereocenters. The first-order valence-corrected chi connectivity index (χ1v) is 11.4. The number of aryl methyl sites for hydroxylation is 1. The Morgan fingerprint density at radius 2 is 1.70 bits per heavy atom.